The van der Waals surface area contributed by atoms with Crippen LogP contribution in [0.15, 0.2) is 72.0 Å². The van der Waals surface area contributed by atoms with E-state index in [1.165, 1.54) is 63.2 Å². The second kappa shape index (κ2) is 26.0. The largest absolute Gasteiger partial charge is 0.508 e. The Hall–Kier alpha value is -7.25. The molecule has 20 nitrogen and oxygen atoms in total. The summed E-state index contributed by atoms with van der Waals surface area (Å²) in [5.74, 6) is -8.86. The highest BCUT2D eigenvalue weighted by molar-refractivity contribution is 6.02. The number of unbranched alkanes of at least 4 members (excludes halogenated alkanes) is 1. The summed E-state index contributed by atoms with van der Waals surface area (Å²) >= 11 is 0. The van der Waals surface area contributed by atoms with Crippen LogP contribution in [0, 0.1) is 5.92 Å². The first-order valence-electron chi connectivity index (χ1n) is 22.0. The van der Waals surface area contributed by atoms with Crippen molar-refractivity contribution in [2.75, 3.05) is 0 Å². The minimum atomic E-state index is -1.77. The van der Waals surface area contributed by atoms with Gasteiger partial charge in [-0.05, 0) is 102 Å². The summed E-state index contributed by atoms with van der Waals surface area (Å²) in [6.07, 6.45) is 1.40. The normalized spacial score (nSPS) is 21.4. The Balaban J connectivity index is 2.06. The van der Waals surface area contributed by atoms with Gasteiger partial charge in [0.05, 0.1) is 0 Å². The van der Waals surface area contributed by atoms with Gasteiger partial charge in [-0.3, -0.25) is 38.4 Å². The number of nitrogens with one attached hydrogen (secondary N) is 7. The number of esters is 1. The quantitative estimate of drug-likeness (QED) is 0.0611. The molecule has 1 aliphatic rings. The summed E-state index contributed by atoms with van der Waals surface area (Å²) in [5.41, 5.74) is 1.34. The number of hydrogen-bond acceptors (Lipinski definition) is 12. The third-order valence-corrected chi connectivity index (χ3v) is 10.9. The fourth-order valence-corrected chi connectivity index (χ4v) is 6.75. The second-order valence-corrected chi connectivity index (χ2v) is 16.6. The molecule has 10 N–H and O–H groups in total. The lowest BCUT2D eigenvalue weighted by Crippen LogP contribution is -2.62. The highest BCUT2D eigenvalue weighted by atomic mass is 16.5. The number of hydrogen-bond donors (Lipinski definition) is 10. The zero-order valence-corrected chi connectivity index (χ0v) is 38.8. The van der Waals surface area contributed by atoms with Crippen LogP contribution in [0.25, 0.3) is 0 Å². The average Bonchev–Trinajstić information content (AvgIpc) is 3.28. The van der Waals surface area contributed by atoms with Crippen molar-refractivity contribution < 1.29 is 63.2 Å². The maximum atomic E-state index is 14.4. The number of carboxylic acid groups (broad SMARTS) is 1. The molecular weight excluding hydrogens is 871 g/mol. The van der Waals surface area contributed by atoms with Crippen molar-refractivity contribution in [3.63, 3.8) is 0 Å². The van der Waals surface area contributed by atoms with E-state index in [9.17, 15) is 58.5 Å². The average molecular weight is 934 g/mol. The van der Waals surface area contributed by atoms with E-state index in [0.717, 1.165) is 5.56 Å². The van der Waals surface area contributed by atoms with Gasteiger partial charge in [-0.2, -0.15) is 0 Å². The zero-order valence-electron chi connectivity index (χ0n) is 38.8. The Morgan fingerprint density at radius 3 is 1.94 bits per heavy atom. The van der Waals surface area contributed by atoms with Crippen LogP contribution in [0.5, 0.6) is 11.5 Å². The van der Waals surface area contributed by atoms with E-state index in [4.69, 9.17) is 4.74 Å². The second-order valence-electron chi connectivity index (χ2n) is 16.6. The van der Waals surface area contributed by atoms with Gasteiger partial charge in [0.15, 0.2) is 0 Å². The number of phenolic OH excluding ortho intramolecular Hbond substituents is 2. The predicted octanol–water partition coefficient (Wildman–Crippen LogP) is 1.43. The van der Waals surface area contributed by atoms with Crippen molar-refractivity contribution in [1.29, 1.82) is 0 Å². The number of amides is 7. The molecule has 3 rings (SSSR count). The molecule has 7 atom stereocenters. The molecule has 1 saturated heterocycles. The molecule has 0 spiro atoms. The molecule has 364 valence electrons. The topological polar surface area (TPSA) is 308 Å². The zero-order chi connectivity index (χ0) is 50.0. The van der Waals surface area contributed by atoms with E-state index < -0.39 is 114 Å². The summed E-state index contributed by atoms with van der Waals surface area (Å²) in [6, 6.07) is 3.57. The third kappa shape index (κ3) is 17.2. The number of allylic oxidation sites excluding steroid dienone is 2. The molecule has 0 bridgehead atoms. The molecule has 0 aliphatic carbocycles. The molecule has 2 aromatic carbocycles. The van der Waals surface area contributed by atoms with E-state index in [2.05, 4.69) is 37.2 Å². The number of benzene rings is 2. The van der Waals surface area contributed by atoms with Crippen LogP contribution in [0.3, 0.4) is 0 Å². The van der Waals surface area contributed by atoms with Crippen molar-refractivity contribution in [2.24, 2.45) is 5.92 Å². The van der Waals surface area contributed by atoms with E-state index in [-0.39, 0.29) is 30.0 Å². The number of phenols is 2. The molecule has 7 unspecified atom stereocenters. The number of cyclic esters (lactones) is 1. The van der Waals surface area contributed by atoms with Crippen LogP contribution < -0.4 is 37.2 Å². The first-order chi connectivity index (χ1) is 31.6. The van der Waals surface area contributed by atoms with Crippen molar-refractivity contribution in [2.45, 2.75) is 136 Å². The van der Waals surface area contributed by atoms with Crippen LogP contribution in [-0.4, -0.2) is 111 Å². The van der Waals surface area contributed by atoms with Gasteiger partial charge in [0.2, 0.25) is 35.4 Å². The van der Waals surface area contributed by atoms with E-state index >= 15 is 0 Å². The number of carbonyl (C=O) groups excluding carboxylic acids is 8. The fraction of sp³-hybridized carbons (Fsp3) is 0.468. The summed E-state index contributed by atoms with van der Waals surface area (Å²) in [5, 5.41) is 46.7. The maximum absolute atomic E-state index is 14.4. The molecule has 2 aromatic rings. The molecule has 1 heterocycles. The Labute approximate surface area is 389 Å². The molecule has 67 heavy (non-hydrogen) atoms. The molecule has 20 heteroatoms. The van der Waals surface area contributed by atoms with E-state index in [0.29, 0.717) is 30.4 Å². The molecule has 7 amide bonds. The lowest BCUT2D eigenvalue weighted by Gasteiger charge is -2.30. The minimum absolute atomic E-state index is 0.0345. The Kier molecular flexibility index (Phi) is 21.0. The summed E-state index contributed by atoms with van der Waals surface area (Å²) in [4.78, 5) is 122. The van der Waals surface area contributed by atoms with Gasteiger partial charge >= 0.3 is 11.9 Å². The van der Waals surface area contributed by atoms with Gasteiger partial charge in [-0.25, -0.2) is 4.79 Å². The van der Waals surface area contributed by atoms with Crippen molar-refractivity contribution in [3.05, 3.63) is 83.1 Å². The first-order valence-corrected chi connectivity index (χ1v) is 22.0. The van der Waals surface area contributed by atoms with Crippen molar-refractivity contribution >= 4 is 53.3 Å². The number of aryl methyl sites for hydroxylation is 1. The number of aromatic hydroxyl groups is 2. The SMILES string of the molecule is CC=C(C)C(=O)NC(C(=O)NC(Cc1ccc(O)cc1)C(=O)NC1C(=O)NC(C)C(=O)NC(=CC)C(=O)NC(CCC(=O)O)C(=O)NC(CCCCc2ccc(O)cc2)C(=O)OC1C)C(C)C. The Morgan fingerprint density at radius 2 is 1.37 bits per heavy atom. The molecule has 0 radical (unpaired) electrons. The van der Waals surface area contributed by atoms with Crippen LogP contribution in [0.2, 0.25) is 0 Å². The van der Waals surface area contributed by atoms with Gasteiger partial charge in [0.25, 0.3) is 5.91 Å². The summed E-state index contributed by atoms with van der Waals surface area (Å²) in [7, 11) is 0. The standard InChI is InChI=1S/C47H63N7O13/c1-8-26(5)40(59)53-38(25(3)4)45(64)52-36(24-30-16-20-32(56)21-17-30)44(63)54-39-28(7)67-47(66)35(13-11-10-12-29-14-18-31(55)19-15-29)51-43(62)34(22-23-37(57)58)50-42(61)33(9-2)49-41(60)27(6)48-46(39)65/h8-9,14-21,25,27-28,34-36,38-39,55-56H,10-13,22-24H2,1-7H3,(H,48,65)(H,49,60)(H,50,61)(H,51,62)(H,52,64)(H,53,59)(H,54,63)(H,57,58). The number of aliphatic carboxylic acids is 1. The summed E-state index contributed by atoms with van der Waals surface area (Å²) in [6.45, 7) is 10.6. The molecule has 0 saturated carbocycles. The summed E-state index contributed by atoms with van der Waals surface area (Å²) < 4.78 is 5.80. The smallest absolute Gasteiger partial charge is 0.328 e. The molecular formula is C47H63N7O13. The molecule has 0 aromatic heterocycles. The van der Waals surface area contributed by atoms with Gasteiger partial charge in [-0.15, -0.1) is 0 Å². The number of ether oxygens (including phenoxy) is 1. The van der Waals surface area contributed by atoms with Crippen LogP contribution in [-0.2, 0) is 60.7 Å². The van der Waals surface area contributed by atoms with Gasteiger partial charge < -0.3 is 57.3 Å². The van der Waals surface area contributed by atoms with Crippen LogP contribution in [0.1, 0.15) is 91.7 Å². The number of rotatable bonds is 17. The van der Waals surface area contributed by atoms with Gasteiger partial charge in [0.1, 0.15) is 59.6 Å². The van der Waals surface area contributed by atoms with Gasteiger partial charge in [-0.1, -0.05) is 56.7 Å². The minimum Gasteiger partial charge on any atom is -0.508 e. The Morgan fingerprint density at radius 1 is 0.761 bits per heavy atom. The van der Waals surface area contributed by atoms with Crippen molar-refractivity contribution in [1.82, 2.24) is 37.2 Å². The van der Waals surface area contributed by atoms with E-state index in [1.54, 1.807) is 45.9 Å². The maximum Gasteiger partial charge on any atom is 0.328 e. The molecule has 1 aliphatic heterocycles. The number of carboxylic acids is 1. The lowest BCUT2D eigenvalue weighted by molar-refractivity contribution is -0.156. The van der Waals surface area contributed by atoms with Crippen LogP contribution >= 0.6 is 0 Å². The monoisotopic (exact) mass is 933 g/mol. The number of carbonyl (C=O) groups is 9. The van der Waals surface area contributed by atoms with E-state index in [1.807, 2.05) is 0 Å². The third-order valence-electron chi connectivity index (χ3n) is 10.9. The fourth-order valence-electron chi connectivity index (χ4n) is 6.75. The highest BCUT2D eigenvalue weighted by Gasteiger charge is 2.38. The Bertz CT molecular complexity index is 2170. The first kappa shape index (κ1) is 54.1. The molecule has 1 fully saturated rings. The van der Waals surface area contributed by atoms with Crippen LogP contribution in [0.4, 0.5) is 0 Å². The highest BCUT2D eigenvalue weighted by Crippen LogP contribution is 2.17. The van der Waals surface area contributed by atoms with Crippen molar-refractivity contribution in [3.8, 4) is 11.5 Å². The van der Waals surface area contributed by atoms with Gasteiger partial charge in [0, 0.05) is 18.4 Å². The lowest BCUT2D eigenvalue weighted by atomic mass is 10.00. The predicted molar refractivity (Wildman–Crippen MR) is 243 cm³/mol.